The van der Waals surface area contributed by atoms with Crippen molar-refractivity contribution in [3.05, 3.63) is 59.4 Å². The highest BCUT2D eigenvalue weighted by molar-refractivity contribution is 5.80. The summed E-state index contributed by atoms with van der Waals surface area (Å²) < 4.78 is 0. The van der Waals surface area contributed by atoms with E-state index >= 15 is 0 Å². The molecule has 1 aliphatic heterocycles. The van der Waals surface area contributed by atoms with E-state index in [4.69, 9.17) is 0 Å². The first-order valence-corrected chi connectivity index (χ1v) is 9.35. The largest absolute Gasteiger partial charge is 0.368 e. The standard InChI is InChI=1S/C21H29N5/c1-17-7-6-9-20(18(17)2)25-13-15-26(16-14-25)21(22-3)24-12-10-19-8-4-5-11-23-19/h4-9,11H,10,12-16H2,1-3H3,(H,22,24). The van der Waals surface area contributed by atoms with Crippen molar-refractivity contribution in [3.63, 3.8) is 0 Å². The van der Waals surface area contributed by atoms with Gasteiger partial charge in [0, 0.05) is 63.8 Å². The molecule has 5 nitrogen and oxygen atoms in total. The lowest BCUT2D eigenvalue weighted by molar-refractivity contribution is 0.372. The molecule has 1 aromatic carbocycles. The third-order valence-electron chi connectivity index (χ3n) is 5.10. The molecule has 3 rings (SSSR count). The normalized spacial score (nSPS) is 15.3. The van der Waals surface area contributed by atoms with Crippen molar-refractivity contribution >= 4 is 11.6 Å². The van der Waals surface area contributed by atoms with Gasteiger partial charge in [0.2, 0.25) is 0 Å². The van der Waals surface area contributed by atoms with Gasteiger partial charge in [-0.1, -0.05) is 18.2 Å². The lowest BCUT2D eigenvalue weighted by atomic mass is 10.1. The maximum absolute atomic E-state index is 4.46. The Morgan fingerprint density at radius 1 is 1.08 bits per heavy atom. The summed E-state index contributed by atoms with van der Waals surface area (Å²) in [6.45, 7) is 9.25. The lowest BCUT2D eigenvalue weighted by Gasteiger charge is -2.38. The molecule has 0 saturated carbocycles. The van der Waals surface area contributed by atoms with Crippen molar-refractivity contribution < 1.29 is 0 Å². The van der Waals surface area contributed by atoms with Crippen LogP contribution in [0.3, 0.4) is 0 Å². The van der Waals surface area contributed by atoms with E-state index in [-0.39, 0.29) is 0 Å². The first-order chi connectivity index (χ1) is 12.7. The van der Waals surface area contributed by atoms with Gasteiger partial charge in [-0.3, -0.25) is 9.98 Å². The number of nitrogens with zero attached hydrogens (tertiary/aromatic N) is 4. The van der Waals surface area contributed by atoms with E-state index in [0.29, 0.717) is 0 Å². The van der Waals surface area contributed by atoms with E-state index in [1.807, 2.05) is 25.4 Å². The molecule has 0 unspecified atom stereocenters. The van der Waals surface area contributed by atoms with Crippen LogP contribution in [0.5, 0.6) is 0 Å². The van der Waals surface area contributed by atoms with Crippen LogP contribution in [0, 0.1) is 13.8 Å². The number of aliphatic imine (C=N–C) groups is 1. The Bertz CT molecular complexity index is 733. The minimum atomic E-state index is 0.848. The summed E-state index contributed by atoms with van der Waals surface area (Å²) in [6.07, 6.45) is 2.75. The minimum Gasteiger partial charge on any atom is -0.368 e. The third-order valence-corrected chi connectivity index (χ3v) is 5.10. The van der Waals surface area contributed by atoms with Gasteiger partial charge in [0.05, 0.1) is 0 Å². The molecule has 1 aliphatic rings. The van der Waals surface area contributed by atoms with Crippen LogP contribution in [0.1, 0.15) is 16.8 Å². The van der Waals surface area contributed by atoms with Crippen LogP contribution in [-0.2, 0) is 6.42 Å². The molecule has 0 aliphatic carbocycles. The smallest absolute Gasteiger partial charge is 0.193 e. The summed E-state index contributed by atoms with van der Waals surface area (Å²) >= 11 is 0. The molecule has 1 aromatic heterocycles. The van der Waals surface area contributed by atoms with Crippen LogP contribution in [0.15, 0.2) is 47.6 Å². The number of rotatable bonds is 4. The zero-order chi connectivity index (χ0) is 18.4. The highest BCUT2D eigenvalue weighted by atomic mass is 15.3. The fraction of sp³-hybridized carbons (Fsp3) is 0.429. The quantitative estimate of drug-likeness (QED) is 0.679. The molecule has 0 amide bonds. The number of anilines is 1. The van der Waals surface area contributed by atoms with Gasteiger partial charge in [-0.25, -0.2) is 0 Å². The van der Waals surface area contributed by atoms with Crippen LogP contribution in [0.25, 0.3) is 0 Å². The van der Waals surface area contributed by atoms with Crippen LogP contribution in [0.2, 0.25) is 0 Å². The summed E-state index contributed by atoms with van der Waals surface area (Å²) in [5.41, 5.74) is 5.22. The van der Waals surface area contributed by atoms with Crippen LogP contribution in [-0.4, -0.2) is 55.6 Å². The average Bonchev–Trinajstić information content (AvgIpc) is 2.69. The molecule has 1 N–H and O–H groups in total. The number of nitrogens with one attached hydrogen (secondary N) is 1. The van der Waals surface area contributed by atoms with Gasteiger partial charge in [0.1, 0.15) is 0 Å². The number of pyridine rings is 1. The average molecular weight is 351 g/mol. The molecule has 26 heavy (non-hydrogen) atoms. The third kappa shape index (κ3) is 4.34. The maximum Gasteiger partial charge on any atom is 0.193 e. The molecule has 0 spiro atoms. The molecule has 0 radical (unpaired) electrons. The summed E-state index contributed by atoms with van der Waals surface area (Å²) in [5.74, 6) is 0.988. The number of piperazine rings is 1. The highest BCUT2D eigenvalue weighted by Crippen LogP contribution is 2.23. The molecule has 0 atom stereocenters. The van der Waals surface area contributed by atoms with Gasteiger partial charge in [0.15, 0.2) is 5.96 Å². The Kier molecular flexibility index (Phi) is 6.10. The molecule has 2 heterocycles. The maximum atomic E-state index is 4.46. The van der Waals surface area contributed by atoms with E-state index in [2.05, 4.69) is 63.2 Å². The number of benzene rings is 1. The van der Waals surface area contributed by atoms with Gasteiger partial charge in [0.25, 0.3) is 0 Å². The van der Waals surface area contributed by atoms with Crippen LogP contribution < -0.4 is 10.2 Å². The topological polar surface area (TPSA) is 43.8 Å². The van der Waals surface area contributed by atoms with Gasteiger partial charge in [-0.05, 0) is 43.2 Å². The molecule has 138 valence electrons. The fourth-order valence-corrected chi connectivity index (χ4v) is 3.42. The van der Waals surface area contributed by atoms with Crippen molar-refractivity contribution in [2.24, 2.45) is 4.99 Å². The van der Waals surface area contributed by atoms with Crippen LogP contribution in [0.4, 0.5) is 5.69 Å². The van der Waals surface area contributed by atoms with Crippen molar-refractivity contribution in [2.75, 3.05) is 44.7 Å². The first kappa shape index (κ1) is 18.2. The molecule has 2 aromatic rings. The number of aromatic nitrogens is 1. The number of hydrogen-bond donors (Lipinski definition) is 1. The minimum absolute atomic E-state index is 0.848. The SMILES string of the molecule is CN=C(NCCc1ccccn1)N1CCN(c2cccc(C)c2C)CC1. The van der Waals surface area contributed by atoms with Crippen LogP contribution >= 0.6 is 0 Å². The predicted molar refractivity (Wildman–Crippen MR) is 109 cm³/mol. The van der Waals surface area contributed by atoms with Gasteiger partial charge in [-0.2, -0.15) is 0 Å². The monoisotopic (exact) mass is 351 g/mol. The van der Waals surface area contributed by atoms with Crippen molar-refractivity contribution in [2.45, 2.75) is 20.3 Å². The number of hydrogen-bond acceptors (Lipinski definition) is 3. The number of guanidine groups is 1. The van der Waals surface area contributed by atoms with E-state index < -0.39 is 0 Å². The zero-order valence-corrected chi connectivity index (χ0v) is 16.1. The predicted octanol–water partition coefficient (Wildman–Crippen LogP) is 2.64. The molecular weight excluding hydrogens is 322 g/mol. The van der Waals surface area contributed by atoms with E-state index in [0.717, 1.165) is 50.8 Å². The Morgan fingerprint density at radius 3 is 2.58 bits per heavy atom. The van der Waals surface area contributed by atoms with Gasteiger partial charge in [-0.15, -0.1) is 0 Å². The van der Waals surface area contributed by atoms with Crippen molar-refractivity contribution in [1.82, 2.24) is 15.2 Å². The molecule has 1 saturated heterocycles. The lowest BCUT2D eigenvalue weighted by Crippen LogP contribution is -2.53. The van der Waals surface area contributed by atoms with E-state index in [1.54, 1.807) is 0 Å². The Hall–Kier alpha value is -2.56. The van der Waals surface area contributed by atoms with Gasteiger partial charge < -0.3 is 15.1 Å². The molecular formula is C21H29N5. The number of aryl methyl sites for hydroxylation is 1. The summed E-state index contributed by atoms with van der Waals surface area (Å²) in [6, 6.07) is 12.6. The fourth-order valence-electron chi connectivity index (χ4n) is 3.42. The molecule has 0 bridgehead atoms. The summed E-state index contributed by atoms with van der Waals surface area (Å²) in [4.78, 5) is 13.7. The van der Waals surface area contributed by atoms with E-state index in [9.17, 15) is 0 Å². The second kappa shape index (κ2) is 8.70. The van der Waals surface area contributed by atoms with Crippen molar-refractivity contribution in [3.8, 4) is 0 Å². The Labute approximate surface area is 156 Å². The second-order valence-electron chi connectivity index (χ2n) is 6.74. The van der Waals surface area contributed by atoms with Crippen molar-refractivity contribution in [1.29, 1.82) is 0 Å². The highest BCUT2D eigenvalue weighted by Gasteiger charge is 2.20. The molecule has 1 fully saturated rings. The Balaban J connectivity index is 1.52. The van der Waals surface area contributed by atoms with Gasteiger partial charge >= 0.3 is 0 Å². The van der Waals surface area contributed by atoms with E-state index in [1.165, 1.54) is 16.8 Å². The first-order valence-electron chi connectivity index (χ1n) is 9.35. The second-order valence-corrected chi connectivity index (χ2v) is 6.74. The zero-order valence-electron chi connectivity index (χ0n) is 16.1. The molecule has 5 heteroatoms. The summed E-state index contributed by atoms with van der Waals surface area (Å²) in [7, 11) is 1.86. The Morgan fingerprint density at radius 2 is 1.88 bits per heavy atom. The summed E-state index contributed by atoms with van der Waals surface area (Å²) in [5, 5.41) is 3.48.